The van der Waals surface area contributed by atoms with Gasteiger partial charge in [0, 0.05) is 6.42 Å². The average molecular weight is 476 g/mol. The summed E-state index contributed by atoms with van der Waals surface area (Å²) in [6.07, 6.45) is -4.71. The maximum atomic E-state index is 12.8. The molecule has 3 aromatic carbocycles. The van der Waals surface area contributed by atoms with E-state index in [1.165, 1.54) is 0 Å². The zero-order valence-corrected chi connectivity index (χ0v) is 18.7. The molecule has 8 heteroatoms. The zero-order valence-electron chi connectivity index (χ0n) is 18.7. The van der Waals surface area contributed by atoms with E-state index in [9.17, 15) is 19.5 Å². The number of ether oxygens (including phenoxy) is 4. The fourth-order valence-electron chi connectivity index (χ4n) is 3.67. The summed E-state index contributed by atoms with van der Waals surface area (Å²) in [5.41, 5.74) is 0.911. The van der Waals surface area contributed by atoms with Crippen LogP contribution in [0.4, 0.5) is 0 Å². The largest absolute Gasteiger partial charge is 0.459 e. The Labute approximate surface area is 202 Å². The van der Waals surface area contributed by atoms with Crippen LogP contribution in [0, 0.1) is 0 Å². The number of benzene rings is 3. The molecule has 3 aromatic rings. The van der Waals surface area contributed by atoms with Gasteiger partial charge in [-0.15, -0.1) is 0 Å². The third-order valence-electron chi connectivity index (χ3n) is 5.41. The summed E-state index contributed by atoms with van der Waals surface area (Å²) in [4.78, 5) is 38.0. The monoisotopic (exact) mass is 476 g/mol. The zero-order chi connectivity index (χ0) is 24.6. The predicted molar refractivity (Wildman–Crippen MR) is 124 cm³/mol. The standard InChI is InChI=1S/C27H24O8/c28-23-16-21(34-26(30)19-12-6-2-7-13-19)24(35-27(31)20-14-8-3-9-15-20)22(33-23)17-32-25(29)18-10-4-1-5-11-18/h1-15,21-24,28H,16-17H2/t21-,22-,23-,24+/m1/s1. The van der Waals surface area contributed by atoms with Gasteiger partial charge in [0.25, 0.3) is 0 Å². The topological polar surface area (TPSA) is 108 Å². The minimum absolute atomic E-state index is 0.131. The Kier molecular flexibility index (Phi) is 7.87. The molecule has 1 saturated heterocycles. The van der Waals surface area contributed by atoms with Crippen molar-refractivity contribution in [1.29, 1.82) is 0 Å². The molecule has 0 bridgehead atoms. The molecule has 1 fully saturated rings. The van der Waals surface area contributed by atoms with Crippen LogP contribution in [0.2, 0.25) is 0 Å². The lowest BCUT2D eigenvalue weighted by atomic mass is 10.0. The van der Waals surface area contributed by atoms with Crippen molar-refractivity contribution in [3.8, 4) is 0 Å². The molecule has 0 unspecified atom stereocenters. The number of aliphatic hydroxyl groups is 1. The molecule has 0 spiro atoms. The number of esters is 3. The Bertz CT molecular complexity index is 1130. The van der Waals surface area contributed by atoms with Gasteiger partial charge in [-0.2, -0.15) is 0 Å². The van der Waals surface area contributed by atoms with E-state index in [0.29, 0.717) is 11.1 Å². The van der Waals surface area contributed by atoms with Crippen molar-refractivity contribution in [3.63, 3.8) is 0 Å². The highest BCUT2D eigenvalue weighted by atomic mass is 16.7. The summed E-state index contributed by atoms with van der Waals surface area (Å²) in [5, 5.41) is 10.3. The quantitative estimate of drug-likeness (QED) is 0.408. The fraction of sp³-hybridized carbons (Fsp3) is 0.222. The van der Waals surface area contributed by atoms with Crippen molar-refractivity contribution in [2.45, 2.75) is 31.0 Å². The summed E-state index contributed by atoms with van der Waals surface area (Å²) in [7, 11) is 0. The molecule has 0 amide bonds. The number of rotatable bonds is 7. The highest BCUT2D eigenvalue weighted by Gasteiger charge is 2.44. The molecule has 0 radical (unpaired) electrons. The van der Waals surface area contributed by atoms with E-state index in [-0.39, 0.29) is 18.6 Å². The van der Waals surface area contributed by atoms with Gasteiger partial charge in [0.2, 0.25) is 0 Å². The molecule has 35 heavy (non-hydrogen) atoms. The Morgan fingerprint density at radius 1 is 0.714 bits per heavy atom. The van der Waals surface area contributed by atoms with Gasteiger partial charge >= 0.3 is 17.9 Å². The van der Waals surface area contributed by atoms with Crippen LogP contribution < -0.4 is 0 Å². The van der Waals surface area contributed by atoms with Gasteiger partial charge in [0.05, 0.1) is 16.7 Å². The van der Waals surface area contributed by atoms with Gasteiger partial charge in [-0.05, 0) is 36.4 Å². The molecular weight excluding hydrogens is 452 g/mol. The minimum atomic E-state index is -1.32. The van der Waals surface area contributed by atoms with E-state index in [1.807, 2.05) is 0 Å². The first kappa shape index (κ1) is 24.1. The minimum Gasteiger partial charge on any atom is -0.459 e. The van der Waals surface area contributed by atoms with Gasteiger partial charge in [-0.3, -0.25) is 0 Å². The number of carbonyl (C=O) groups is 3. The lowest BCUT2D eigenvalue weighted by Gasteiger charge is -2.38. The Hall–Kier alpha value is -4.01. The molecule has 1 N–H and O–H groups in total. The summed E-state index contributed by atoms with van der Waals surface area (Å²) in [6, 6.07) is 24.9. The molecule has 4 rings (SSSR count). The first-order chi connectivity index (χ1) is 17.0. The van der Waals surface area contributed by atoms with E-state index < -0.39 is 42.5 Å². The second-order valence-corrected chi connectivity index (χ2v) is 7.88. The first-order valence-electron chi connectivity index (χ1n) is 11.1. The first-order valence-corrected chi connectivity index (χ1v) is 11.1. The molecule has 180 valence electrons. The van der Waals surface area contributed by atoms with Gasteiger partial charge in [0.1, 0.15) is 18.8 Å². The van der Waals surface area contributed by atoms with Gasteiger partial charge in [-0.1, -0.05) is 54.6 Å². The third kappa shape index (κ3) is 6.32. The summed E-state index contributed by atoms with van der Waals surface area (Å²) in [5.74, 6) is -1.93. The fourth-order valence-corrected chi connectivity index (χ4v) is 3.67. The summed E-state index contributed by atoms with van der Waals surface area (Å²) in [6.45, 7) is -0.336. The van der Waals surface area contributed by atoms with Gasteiger partial charge < -0.3 is 24.1 Å². The molecular formula is C27H24O8. The second kappa shape index (κ2) is 11.4. The van der Waals surface area contributed by atoms with Crippen molar-refractivity contribution < 1.29 is 38.4 Å². The molecule has 1 aliphatic rings. The molecule has 0 aliphatic carbocycles. The SMILES string of the molecule is O=C(OC[C@H]1O[C@@H](O)C[C@@H](OC(=O)c2ccccc2)[C@@H]1OC(=O)c1ccccc1)c1ccccc1. The number of hydrogen-bond donors (Lipinski definition) is 1. The van der Waals surface area contributed by atoms with Crippen LogP contribution in [-0.2, 0) is 18.9 Å². The smallest absolute Gasteiger partial charge is 0.338 e. The highest BCUT2D eigenvalue weighted by molar-refractivity contribution is 5.90. The lowest BCUT2D eigenvalue weighted by molar-refractivity contribution is -0.239. The van der Waals surface area contributed by atoms with Crippen LogP contribution in [0.1, 0.15) is 37.5 Å². The Balaban J connectivity index is 1.53. The van der Waals surface area contributed by atoms with Crippen LogP contribution in [0.5, 0.6) is 0 Å². The molecule has 1 heterocycles. The number of hydrogen-bond acceptors (Lipinski definition) is 8. The van der Waals surface area contributed by atoms with Gasteiger partial charge in [-0.25, -0.2) is 14.4 Å². The van der Waals surface area contributed by atoms with E-state index in [2.05, 4.69) is 0 Å². The van der Waals surface area contributed by atoms with Crippen molar-refractivity contribution in [2.75, 3.05) is 6.61 Å². The van der Waals surface area contributed by atoms with E-state index >= 15 is 0 Å². The van der Waals surface area contributed by atoms with Crippen molar-refractivity contribution in [2.24, 2.45) is 0 Å². The molecule has 8 nitrogen and oxygen atoms in total. The van der Waals surface area contributed by atoms with E-state index in [1.54, 1.807) is 91.0 Å². The Morgan fingerprint density at radius 3 is 1.69 bits per heavy atom. The Morgan fingerprint density at radius 2 is 1.17 bits per heavy atom. The maximum absolute atomic E-state index is 12.8. The third-order valence-corrected chi connectivity index (χ3v) is 5.41. The molecule has 4 atom stereocenters. The summed E-state index contributed by atoms with van der Waals surface area (Å²) < 4.78 is 22.2. The van der Waals surface area contributed by atoms with Crippen LogP contribution >= 0.6 is 0 Å². The molecule has 1 aliphatic heterocycles. The van der Waals surface area contributed by atoms with Crippen molar-refractivity contribution in [3.05, 3.63) is 108 Å². The normalized spacial score (nSPS) is 21.5. The molecule has 0 saturated carbocycles. The van der Waals surface area contributed by atoms with Crippen LogP contribution in [0.3, 0.4) is 0 Å². The van der Waals surface area contributed by atoms with Crippen molar-refractivity contribution in [1.82, 2.24) is 0 Å². The average Bonchev–Trinajstić information content (AvgIpc) is 2.90. The van der Waals surface area contributed by atoms with E-state index in [0.717, 1.165) is 0 Å². The number of aliphatic hydroxyl groups excluding tert-OH is 1. The van der Waals surface area contributed by atoms with Crippen LogP contribution in [0.15, 0.2) is 91.0 Å². The number of carbonyl (C=O) groups excluding carboxylic acids is 3. The van der Waals surface area contributed by atoms with Crippen LogP contribution in [0.25, 0.3) is 0 Å². The predicted octanol–water partition coefficient (Wildman–Crippen LogP) is 3.40. The lowest BCUT2D eigenvalue weighted by Crippen LogP contribution is -2.54. The van der Waals surface area contributed by atoms with Crippen LogP contribution in [-0.4, -0.2) is 54.2 Å². The van der Waals surface area contributed by atoms with Crippen molar-refractivity contribution >= 4 is 17.9 Å². The maximum Gasteiger partial charge on any atom is 0.338 e. The second-order valence-electron chi connectivity index (χ2n) is 7.88. The summed E-state index contributed by atoms with van der Waals surface area (Å²) >= 11 is 0. The molecule has 0 aromatic heterocycles. The highest BCUT2D eigenvalue weighted by Crippen LogP contribution is 2.27. The van der Waals surface area contributed by atoms with E-state index in [4.69, 9.17) is 18.9 Å². The van der Waals surface area contributed by atoms with Gasteiger partial charge in [0.15, 0.2) is 12.4 Å².